The average Bonchev–Trinajstić information content (AvgIpc) is 2.43. The molecule has 20 heavy (non-hydrogen) atoms. The fraction of sp³-hybridized carbons (Fsp3) is 0.200. The summed E-state index contributed by atoms with van der Waals surface area (Å²) in [6.45, 7) is 0.241. The first kappa shape index (κ1) is 15.2. The average molecular weight is 312 g/mol. The molecule has 0 spiro atoms. The molecule has 1 unspecified atom stereocenters. The van der Waals surface area contributed by atoms with Crippen molar-refractivity contribution in [3.8, 4) is 0 Å². The predicted molar refractivity (Wildman–Crippen MR) is 81.3 cm³/mol. The third-order valence-corrected chi connectivity index (χ3v) is 4.49. The van der Waals surface area contributed by atoms with Gasteiger partial charge in [0.15, 0.2) is 0 Å². The van der Waals surface area contributed by atoms with Gasteiger partial charge in [0.25, 0.3) is 0 Å². The molecule has 0 aliphatic rings. The number of benzene rings is 2. The Labute approximate surface area is 125 Å². The van der Waals surface area contributed by atoms with Crippen LogP contribution in [-0.2, 0) is 28.9 Å². The van der Waals surface area contributed by atoms with Crippen LogP contribution in [0.3, 0.4) is 0 Å². The summed E-state index contributed by atoms with van der Waals surface area (Å²) >= 11 is 5.81. The molecule has 2 aromatic carbocycles. The zero-order chi connectivity index (χ0) is 14.5. The summed E-state index contributed by atoms with van der Waals surface area (Å²) in [5.41, 5.74) is 8.08. The third kappa shape index (κ3) is 4.13. The third-order valence-electron chi connectivity index (χ3n) is 2.95. The van der Waals surface area contributed by atoms with Gasteiger partial charge >= 0.3 is 0 Å². The summed E-state index contributed by atoms with van der Waals surface area (Å²) < 4.78 is 25.3. The van der Waals surface area contributed by atoms with Gasteiger partial charge < -0.3 is 5.73 Å². The summed E-state index contributed by atoms with van der Waals surface area (Å²) in [5, 5.41) is 0.656. The standard InChI is InChI=1S/C15H15ClFNOS/c16-14-4-1-11(2-5-14)9-20(19)10-12-3-6-15(17)7-13(12)8-18/h1-7H,8-10,18H2. The normalized spacial score (nSPS) is 12.3. The van der Waals surface area contributed by atoms with E-state index in [0.717, 1.165) is 11.1 Å². The first-order chi connectivity index (χ1) is 9.58. The first-order valence-electron chi connectivity index (χ1n) is 6.15. The SMILES string of the molecule is NCc1cc(F)ccc1CS(=O)Cc1ccc(Cl)cc1. The van der Waals surface area contributed by atoms with Crippen LogP contribution >= 0.6 is 11.6 Å². The summed E-state index contributed by atoms with van der Waals surface area (Å²) in [5.74, 6) is 0.492. The molecule has 2 nitrogen and oxygen atoms in total. The lowest BCUT2D eigenvalue weighted by Gasteiger charge is -2.08. The van der Waals surface area contributed by atoms with E-state index in [1.54, 1.807) is 18.2 Å². The number of hydrogen-bond acceptors (Lipinski definition) is 2. The summed E-state index contributed by atoms with van der Waals surface area (Å²) in [6, 6.07) is 11.7. The van der Waals surface area contributed by atoms with Crippen molar-refractivity contribution in [1.29, 1.82) is 0 Å². The van der Waals surface area contributed by atoms with Gasteiger partial charge in [-0.05, 0) is 41.0 Å². The van der Waals surface area contributed by atoms with Crippen molar-refractivity contribution in [3.63, 3.8) is 0 Å². The van der Waals surface area contributed by atoms with E-state index < -0.39 is 10.8 Å². The van der Waals surface area contributed by atoms with Gasteiger partial charge in [-0.15, -0.1) is 0 Å². The number of nitrogens with two attached hydrogens (primary N) is 1. The molecule has 2 rings (SSSR count). The highest BCUT2D eigenvalue weighted by molar-refractivity contribution is 7.83. The van der Waals surface area contributed by atoms with Gasteiger partial charge in [0.1, 0.15) is 5.82 Å². The Hall–Kier alpha value is -1.23. The Kier molecular flexibility index (Phi) is 5.29. The van der Waals surface area contributed by atoms with Crippen molar-refractivity contribution in [2.75, 3.05) is 0 Å². The van der Waals surface area contributed by atoms with Crippen LogP contribution in [0.5, 0.6) is 0 Å². The Balaban J connectivity index is 2.06. The molecule has 0 fully saturated rings. The van der Waals surface area contributed by atoms with Gasteiger partial charge in [-0.1, -0.05) is 29.8 Å². The molecule has 0 radical (unpaired) electrons. The quantitative estimate of drug-likeness (QED) is 0.920. The molecule has 2 N–H and O–H groups in total. The van der Waals surface area contributed by atoms with E-state index >= 15 is 0 Å². The van der Waals surface area contributed by atoms with Crippen LogP contribution in [0.15, 0.2) is 42.5 Å². The highest BCUT2D eigenvalue weighted by Crippen LogP contribution is 2.16. The van der Waals surface area contributed by atoms with E-state index in [1.165, 1.54) is 12.1 Å². The molecular weight excluding hydrogens is 297 g/mol. The molecule has 2 aromatic rings. The fourth-order valence-corrected chi connectivity index (χ4v) is 3.34. The van der Waals surface area contributed by atoms with E-state index in [-0.39, 0.29) is 12.4 Å². The smallest absolute Gasteiger partial charge is 0.123 e. The molecule has 0 aliphatic heterocycles. The summed E-state index contributed by atoms with van der Waals surface area (Å²) in [7, 11) is -1.07. The number of halogens is 2. The second kappa shape index (κ2) is 6.97. The second-order valence-electron chi connectivity index (χ2n) is 4.47. The maximum atomic E-state index is 13.1. The van der Waals surface area contributed by atoms with Crippen molar-refractivity contribution in [2.24, 2.45) is 5.73 Å². The zero-order valence-electron chi connectivity index (χ0n) is 10.8. The Morgan fingerprint density at radius 2 is 1.75 bits per heavy atom. The maximum Gasteiger partial charge on any atom is 0.123 e. The molecule has 0 saturated carbocycles. The molecule has 1 atom stereocenters. The minimum atomic E-state index is -1.07. The molecule has 0 heterocycles. The van der Waals surface area contributed by atoms with Crippen LogP contribution < -0.4 is 5.73 Å². The van der Waals surface area contributed by atoms with E-state index in [0.29, 0.717) is 22.1 Å². The van der Waals surface area contributed by atoms with Crippen LogP contribution in [0.1, 0.15) is 16.7 Å². The lowest BCUT2D eigenvalue weighted by molar-refractivity contribution is 0.624. The number of hydrogen-bond donors (Lipinski definition) is 1. The lowest BCUT2D eigenvalue weighted by Crippen LogP contribution is -2.06. The zero-order valence-corrected chi connectivity index (χ0v) is 12.4. The van der Waals surface area contributed by atoms with E-state index in [4.69, 9.17) is 17.3 Å². The highest BCUT2D eigenvalue weighted by atomic mass is 35.5. The monoisotopic (exact) mass is 311 g/mol. The van der Waals surface area contributed by atoms with Gasteiger partial charge in [0.05, 0.1) is 0 Å². The minimum absolute atomic E-state index is 0.241. The first-order valence-corrected chi connectivity index (χ1v) is 8.02. The summed E-state index contributed by atoms with van der Waals surface area (Å²) in [4.78, 5) is 0. The van der Waals surface area contributed by atoms with E-state index in [9.17, 15) is 8.60 Å². The van der Waals surface area contributed by atoms with Gasteiger partial charge in [0, 0.05) is 33.9 Å². The predicted octanol–water partition coefficient (Wildman–Crippen LogP) is 3.39. The van der Waals surface area contributed by atoms with Gasteiger partial charge in [-0.2, -0.15) is 0 Å². The minimum Gasteiger partial charge on any atom is -0.326 e. The van der Waals surface area contributed by atoms with Crippen LogP contribution in [0.2, 0.25) is 5.02 Å². The largest absolute Gasteiger partial charge is 0.326 e. The number of rotatable bonds is 5. The maximum absolute atomic E-state index is 13.1. The van der Waals surface area contributed by atoms with Crippen molar-refractivity contribution in [3.05, 3.63) is 70.0 Å². The van der Waals surface area contributed by atoms with Crippen molar-refractivity contribution in [2.45, 2.75) is 18.1 Å². The highest BCUT2D eigenvalue weighted by Gasteiger charge is 2.08. The van der Waals surface area contributed by atoms with Gasteiger partial charge in [0.2, 0.25) is 0 Å². The molecule has 0 saturated heterocycles. The fourth-order valence-electron chi connectivity index (χ4n) is 1.92. The van der Waals surface area contributed by atoms with Crippen LogP contribution in [-0.4, -0.2) is 4.21 Å². The second-order valence-corrected chi connectivity index (χ2v) is 6.37. The van der Waals surface area contributed by atoms with Crippen LogP contribution in [0, 0.1) is 5.82 Å². The molecular formula is C15H15ClFNOS. The van der Waals surface area contributed by atoms with Gasteiger partial charge in [-0.25, -0.2) is 4.39 Å². The Bertz CT molecular complexity index is 616. The van der Waals surface area contributed by atoms with Crippen molar-refractivity contribution < 1.29 is 8.60 Å². The topological polar surface area (TPSA) is 43.1 Å². The lowest BCUT2D eigenvalue weighted by atomic mass is 10.1. The van der Waals surface area contributed by atoms with Gasteiger partial charge in [-0.3, -0.25) is 4.21 Å². The molecule has 0 bridgehead atoms. The molecule has 0 aliphatic carbocycles. The van der Waals surface area contributed by atoms with E-state index in [2.05, 4.69) is 0 Å². The van der Waals surface area contributed by atoms with Crippen molar-refractivity contribution in [1.82, 2.24) is 0 Å². The molecule has 0 aromatic heterocycles. The molecule has 106 valence electrons. The van der Waals surface area contributed by atoms with Crippen LogP contribution in [0.4, 0.5) is 4.39 Å². The molecule has 5 heteroatoms. The van der Waals surface area contributed by atoms with Crippen LogP contribution in [0.25, 0.3) is 0 Å². The van der Waals surface area contributed by atoms with E-state index in [1.807, 2.05) is 12.1 Å². The Morgan fingerprint density at radius 3 is 2.40 bits per heavy atom. The molecule has 0 amide bonds. The Morgan fingerprint density at radius 1 is 1.05 bits per heavy atom. The van der Waals surface area contributed by atoms with Crippen molar-refractivity contribution >= 4 is 22.4 Å². The summed E-state index contributed by atoms with van der Waals surface area (Å²) in [6.07, 6.45) is 0.